The fourth-order valence-electron chi connectivity index (χ4n) is 3.02. The molecule has 1 aliphatic rings. The van der Waals surface area contributed by atoms with Gasteiger partial charge >= 0.3 is 18.1 Å². The highest BCUT2D eigenvalue weighted by atomic mass is 32.2. The van der Waals surface area contributed by atoms with Crippen LogP contribution in [0.1, 0.15) is 10.4 Å². The number of methoxy groups -OCH3 is 2. The quantitative estimate of drug-likeness (QED) is 0.482. The molecule has 1 saturated heterocycles. The molecule has 0 amide bonds. The van der Waals surface area contributed by atoms with Gasteiger partial charge in [0.25, 0.3) is 10.0 Å². The van der Waals surface area contributed by atoms with Crippen molar-refractivity contribution in [3.63, 3.8) is 0 Å². The fraction of sp³-hybridized carbons (Fsp3) is 0.333. The molecule has 2 aromatic rings. The minimum Gasteiger partial charge on any atom is -0.497 e. The van der Waals surface area contributed by atoms with Gasteiger partial charge in [-0.25, -0.2) is 18.0 Å². The molecule has 0 spiro atoms. The Balaban J connectivity index is 0.000000572. The highest BCUT2D eigenvalue weighted by Crippen LogP contribution is 2.34. The van der Waals surface area contributed by atoms with Crippen LogP contribution in [0.4, 0.5) is 24.5 Å². The summed E-state index contributed by atoms with van der Waals surface area (Å²) in [5.41, 5.74) is 0.706. The van der Waals surface area contributed by atoms with E-state index in [0.717, 1.165) is 0 Å². The van der Waals surface area contributed by atoms with Crippen LogP contribution in [0.25, 0.3) is 0 Å². The number of hydrogen-bond acceptors (Lipinski definition) is 8. The third-order valence-electron chi connectivity index (χ3n) is 4.74. The molecule has 1 aliphatic heterocycles. The number of anilines is 2. The second-order valence-corrected chi connectivity index (χ2v) is 8.71. The minimum absolute atomic E-state index is 0.0303. The number of nitrogens with zero attached hydrogens (tertiary/aromatic N) is 1. The molecule has 36 heavy (non-hydrogen) atoms. The highest BCUT2D eigenvalue weighted by Gasteiger charge is 2.38. The maximum atomic E-state index is 13.1. The maximum Gasteiger partial charge on any atom is 0.490 e. The van der Waals surface area contributed by atoms with Crippen molar-refractivity contribution in [2.45, 2.75) is 11.1 Å². The molecular formula is C21H23F3N2O9S. The van der Waals surface area contributed by atoms with Crippen LogP contribution in [0.2, 0.25) is 0 Å². The monoisotopic (exact) mass is 536 g/mol. The van der Waals surface area contributed by atoms with Crippen LogP contribution < -0.4 is 19.1 Å². The van der Waals surface area contributed by atoms with Crippen LogP contribution in [0.5, 0.6) is 11.5 Å². The molecule has 15 heteroatoms. The Morgan fingerprint density at radius 2 is 1.64 bits per heavy atom. The van der Waals surface area contributed by atoms with Gasteiger partial charge in [-0.1, -0.05) is 0 Å². The van der Waals surface area contributed by atoms with E-state index >= 15 is 0 Å². The van der Waals surface area contributed by atoms with Crippen molar-refractivity contribution in [1.29, 1.82) is 0 Å². The first-order valence-corrected chi connectivity index (χ1v) is 11.5. The Bertz CT molecular complexity index is 1200. The van der Waals surface area contributed by atoms with Gasteiger partial charge in [0.1, 0.15) is 16.4 Å². The topological polar surface area (TPSA) is 152 Å². The smallest absolute Gasteiger partial charge is 0.490 e. The molecule has 0 atom stereocenters. The molecule has 3 rings (SSSR count). The minimum atomic E-state index is -5.08. The molecule has 11 nitrogen and oxygen atoms in total. The molecule has 1 heterocycles. The van der Waals surface area contributed by atoms with Crippen LogP contribution in [0, 0.1) is 0 Å². The number of ether oxygens (including phenoxy) is 3. The van der Waals surface area contributed by atoms with Crippen LogP contribution in [0.15, 0.2) is 41.3 Å². The van der Waals surface area contributed by atoms with E-state index in [0.29, 0.717) is 37.7 Å². The predicted molar refractivity (Wildman–Crippen MR) is 120 cm³/mol. The van der Waals surface area contributed by atoms with Gasteiger partial charge in [0.2, 0.25) is 0 Å². The maximum absolute atomic E-state index is 13.1. The van der Waals surface area contributed by atoms with Gasteiger partial charge in [-0.3, -0.25) is 4.72 Å². The molecule has 0 radical (unpaired) electrons. The molecule has 2 aromatic carbocycles. The van der Waals surface area contributed by atoms with Crippen molar-refractivity contribution in [2.24, 2.45) is 0 Å². The van der Waals surface area contributed by atoms with Gasteiger partial charge < -0.3 is 29.3 Å². The number of benzene rings is 2. The molecule has 0 saturated carbocycles. The number of carbonyl (C=O) groups is 2. The van der Waals surface area contributed by atoms with E-state index < -0.39 is 28.1 Å². The van der Waals surface area contributed by atoms with Crippen molar-refractivity contribution in [2.75, 3.05) is 50.1 Å². The van der Waals surface area contributed by atoms with Gasteiger partial charge in [0.05, 0.1) is 44.4 Å². The number of carboxylic acids is 2. The Morgan fingerprint density at radius 1 is 1.03 bits per heavy atom. The summed E-state index contributed by atoms with van der Waals surface area (Å²) in [5.74, 6) is -3.43. The number of aliphatic carboxylic acids is 1. The highest BCUT2D eigenvalue weighted by molar-refractivity contribution is 7.92. The number of rotatable bonds is 7. The zero-order chi connectivity index (χ0) is 27.1. The third kappa shape index (κ3) is 7.39. The molecule has 3 N–H and O–H groups in total. The lowest BCUT2D eigenvalue weighted by Crippen LogP contribution is -2.36. The van der Waals surface area contributed by atoms with Crippen LogP contribution in [0.3, 0.4) is 0 Å². The first kappa shape index (κ1) is 28.5. The van der Waals surface area contributed by atoms with Crippen molar-refractivity contribution in [3.8, 4) is 11.5 Å². The normalized spacial score (nSPS) is 13.8. The van der Waals surface area contributed by atoms with E-state index in [1.807, 2.05) is 4.90 Å². The van der Waals surface area contributed by atoms with E-state index in [4.69, 9.17) is 24.1 Å². The van der Waals surface area contributed by atoms with Crippen molar-refractivity contribution >= 4 is 33.3 Å². The number of nitrogens with one attached hydrogen (secondary N) is 1. The second-order valence-electron chi connectivity index (χ2n) is 7.06. The molecular weight excluding hydrogens is 513 g/mol. The summed E-state index contributed by atoms with van der Waals surface area (Å²) in [7, 11) is -1.30. The lowest BCUT2D eigenvalue weighted by atomic mass is 10.1. The van der Waals surface area contributed by atoms with E-state index in [2.05, 4.69) is 4.72 Å². The number of sulfonamides is 1. The van der Waals surface area contributed by atoms with Crippen molar-refractivity contribution < 1.29 is 55.6 Å². The van der Waals surface area contributed by atoms with Gasteiger partial charge in [-0.15, -0.1) is 0 Å². The summed E-state index contributed by atoms with van der Waals surface area (Å²) in [4.78, 5) is 22.1. The van der Waals surface area contributed by atoms with Crippen molar-refractivity contribution in [3.05, 3.63) is 42.0 Å². The number of alkyl halides is 3. The predicted octanol–water partition coefficient (Wildman–Crippen LogP) is 2.67. The standard InChI is InChI=1S/C19H22N2O7S.C2HF3O2/c1-26-14-4-6-17(27-2)18(12-14)29(24,25)20-15-11-13(19(22)23)3-5-16(15)21-7-9-28-10-8-21;3-2(4,5)1(6)7/h3-6,11-12,20H,7-10H2,1-2H3,(H,22,23);(H,6,7). The lowest BCUT2D eigenvalue weighted by molar-refractivity contribution is -0.192. The average Bonchev–Trinajstić information content (AvgIpc) is 2.83. The number of hydrogen-bond donors (Lipinski definition) is 3. The van der Waals surface area contributed by atoms with Gasteiger partial charge in [0, 0.05) is 19.2 Å². The number of halogens is 3. The molecule has 1 fully saturated rings. The van der Waals surface area contributed by atoms with E-state index in [1.165, 1.54) is 38.5 Å². The van der Waals surface area contributed by atoms with E-state index in [9.17, 15) is 31.5 Å². The SMILES string of the molecule is COc1ccc(OC)c(S(=O)(=O)Nc2cc(C(=O)O)ccc2N2CCOCC2)c1.O=C(O)C(F)(F)F. The summed E-state index contributed by atoms with van der Waals surface area (Å²) in [6.45, 7) is 2.11. The zero-order valence-corrected chi connectivity index (χ0v) is 19.9. The lowest BCUT2D eigenvalue weighted by Gasteiger charge is -2.30. The Labute approximate surface area is 204 Å². The van der Waals surface area contributed by atoms with E-state index in [1.54, 1.807) is 12.1 Å². The third-order valence-corrected chi connectivity index (χ3v) is 6.13. The zero-order valence-electron chi connectivity index (χ0n) is 19.0. The molecule has 198 valence electrons. The van der Waals surface area contributed by atoms with Gasteiger partial charge in [-0.05, 0) is 30.3 Å². The Morgan fingerprint density at radius 3 is 2.14 bits per heavy atom. The molecule has 0 unspecified atom stereocenters. The summed E-state index contributed by atoms with van der Waals surface area (Å²) in [5, 5.41) is 16.5. The Hall–Kier alpha value is -3.72. The van der Waals surface area contributed by atoms with Crippen LogP contribution in [-0.4, -0.2) is 77.3 Å². The summed E-state index contributed by atoms with van der Waals surface area (Å²) in [6, 6.07) is 8.76. The molecule has 0 bridgehead atoms. The summed E-state index contributed by atoms with van der Waals surface area (Å²) >= 11 is 0. The second kappa shape index (κ2) is 11.8. The van der Waals surface area contributed by atoms with Crippen LogP contribution in [-0.2, 0) is 19.6 Å². The number of morpholine rings is 1. The summed E-state index contributed by atoms with van der Waals surface area (Å²) in [6.07, 6.45) is -5.08. The van der Waals surface area contributed by atoms with Crippen LogP contribution >= 0.6 is 0 Å². The average molecular weight is 536 g/mol. The Kier molecular flexibility index (Phi) is 9.35. The van der Waals surface area contributed by atoms with E-state index in [-0.39, 0.29) is 21.9 Å². The van der Waals surface area contributed by atoms with Gasteiger partial charge in [0.15, 0.2) is 0 Å². The summed E-state index contributed by atoms with van der Waals surface area (Å²) < 4.78 is 76.2. The first-order valence-electron chi connectivity index (χ1n) is 10.0. The number of aromatic carboxylic acids is 1. The molecule has 0 aliphatic carbocycles. The largest absolute Gasteiger partial charge is 0.497 e. The van der Waals surface area contributed by atoms with Gasteiger partial charge in [-0.2, -0.15) is 13.2 Å². The van der Waals surface area contributed by atoms with Crippen molar-refractivity contribution in [1.82, 2.24) is 0 Å². The fourth-order valence-corrected chi connectivity index (χ4v) is 4.28. The molecule has 0 aromatic heterocycles. The first-order chi connectivity index (χ1) is 16.8. The number of carboxylic acid groups (broad SMARTS) is 2.